The molecule has 0 radical (unpaired) electrons. The van der Waals surface area contributed by atoms with Gasteiger partial charge in [-0.2, -0.15) is 4.98 Å². The number of nitrogens with zero attached hydrogens (tertiary/aromatic N) is 5. The maximum atomic E-state index is 15.5. The molecule has 0 atom stereocenters. The Morgan fingerprint density at radius 3 is 2.62 bits per heavy atom. The van der Waals surface area contributed by atoms with E-state index in [-0.39, 0.29) is 11.8 Å². The van der Waals surface area contributed by atoms with Gasteiger partial charge in [-0.1, -0.05) is 24.3 Å². The van der Waals surface area contributed by atoms with Crippen molar-refractivity contribution in [3.05, 3.63) is 65.0 Å². The van der Waals surface area contributed by atoms with Crippen LogP contribution in [0, 0.1) is 12.7 Å². The smallest absolute Gasteiger partial charge is 0.222 e. The molecule has 172 valence electrons. The summed E-state index contributed by atoms with van der Waals surface area (Å²) < 4.78 is 15.5. The standard InChI is InChI=1S/C26H26FN7/c1-16-4-2-3-5-18(16)20-15-21-23(31-26(28)32-25(21)34-13-10-30-24(20)34)19-7-6-17(14-22(19)27)33-11-8-29-9-12-33/h2-7,14-15,29H,8-13H2,1H3,(H2,28,31,32). The van der Waals surface area contributed by atoms with Crippen LogP contribution in [-0.4, -0.2) is 55.1 Å². The number of halogens is 1. The van der Waals surface area contributed by atoms with Crippen LogP contribution in [0.25, 0.3) is 22.9 Å². The summed E-state index contributed by atoms with van der Waals surface area (Å²) in [6.45, 7) is 6.96. The van der Waals surface area contributed by atoms with E-state index in [1.54, 1.807) is 6.07 Å². The van der Waals surface area contributed by atoms with Gasteiger partial charge in [0.25, 0.3) is 0 Å². The molecule has 1 aromatic heterocycles. The molecular formula is C26H26FN7. The topological polar surface area (TPSA) is 82.7 Å². The summed E-state index contributed by atoms with van der Waals surface area (Å²) >= 11 is 0. The summed E-state index contributed by atoms with van der Waals surface area (Å²) in [6, 6.07) is 13.6. The highest BCUT2D eigenvalue weighted by molar-refractivity contribution is 6.36. The molecule has 0 unspecified atom stereocenters. The van der Waals surface area contributed by atoms with Crippen molar-refractivity contribution in [2.75, 3.05) is 54.8 Å². The van der Waals surface area contributed by atoms with Crippen LogP contribution in [0.2, 0.25) is 0 Å². The fraction of sp³-hybridized carbons (Fsp3) is 0.269. The minimum Gasteiger partial charge on any atom is -0.369 e. The molecule has 0 bridgehead atoms. The summed E-state index contributed by atoms with van der Waals surface area (Å²) in [7, 11) is 0. The minimum absolute atomic E-state index is 0.123. The number of nitrogens with one attached hydrogen (secondary N) is 1. The molecule has 1 saturated heterocycles. The van der Waals surface area contributed by atoms with Crippen LogP contribution in [-0.2, 0) is 0 Å². The quantitative estimate of drug-likeness (QED) is 0.630. The Hall–Kier alpha value is -3.78. The lowest BCUT2D eigenvalue weighted by atomic mass is 9.93. The van der Waals surface area contributed by atoms with E-state index in [1.165, 1.54) is 0 Å². The van der Waals surface area contributed by atoms with Gasteiger partial charge in [-0.25, -0.2) is 9.37 Å². The number of hydrogen-bond donors (Lipinski definition) is 2. The zero-order chi connectivity index (χ0) is 23.2. The lowest BCUT2D eigenvalue weighted by Gasteiger charge is -2.30. The number of benzene rings is 2. The molecule has 6 rings (SSSR count). The summed E-state index contributed by atoms with van der Waals surface area (Å²) in [5.74, 6) is 1.36. The molecule has 3 aliphatic rings. The Balaban J connectivity index is 1.51. The predicted octanol–water partition coefficient (Wildman–Crippen LogP) is 3.36. The second-order valence-electron chi connectivity index (χ2n) is 8.80. The molecule has 1 fully saturated rings. The van der Waals surface area contributed by atoms with Crippen molar-refractivity contribution in [1.82, 2.24) is 15.3 Å². The average molecular weight is 456 g/mol. The van der Waals surface area contributed by atoms with Crippen LogP contribution in [0.4, 0.5) is 21.8 Å². The van der Waals surface area contributed by atoms with E-state index < -0.39 is 0 Å². The number of aryl methyl sites for hydroxylation is 1. The van der Waals surface area contributed by atoms with Crippen molar-refractivity contribution < 1.29 is 4.39 Å². The molecule has 0 aliphatic carbocycles. The number of nitrogens with two attached hydrogens (primary N) is 1. The average Bonchev–Trinajstić information content (AvgIpc) is 3.35. The van der Waals surface area contributed by atoms with Crippen molar-refractivity contribution in [3.8, 4) is 11.3 Å². The number of amidine groups is 1. The molecule has 8 heteroatoms. The number of hydrogen-bond acceptors (Lipinski definition) is 7. The maximum Gasteiger partial charge on any atom is 0.222 e. The largest absolute Gasteiger partial charge is 0.369 e. The molecule has 0 spiro atoms. The van der Waals surface area contributed by atoms with Gasteiger partial charge in [-0.05, 0) is 42.3 Å². The normalized spacial score (nSPS) is 17.2. The van der Waals surface area contributed by atoms with E-state index >= 15 is 4.39 Å². The molecule has 3 aromatic rings. The molecule has 3 aliphatic heterocycles. The third-order valence-electron chi connectivity index (χ3n) is 6.69. The number of aliphatic imine (C=N–C) groups is 1. The van der Waals surface area contributed by atoms with Crippen LogP contribution >= 0.6 is 0 Å². The van der Waals surface area contributed by atoms with Crippen molar-refractivity contribution in [1.29, 1.82) is 0 Å². The van der Waals surface area contributed by atoms with Crippen LogP contribution in [0.15, 0.2) is 47.5 Å². The van der Waals surface area contributed by atoms with Gasteiger partial charge >= 0.3 is 0 Å². The highest BCUT2D eigenvalue weighted by Crippen LogP contribution is 2.41. The molecule has 7 nitrogen and oxygen atoms in total. The van der Waals surface area contributed by atoms with E-state index in [0.29, 0.717) is 30.2 Å². The van der Waals surface area contributed by atoms with Gasteiger partial charge < -0.3 is 20.9 Å². The predicted molar refractivity (Wildman–Crippen MR) is 136 cm³/mol. The van der Waals surface area contributed by atoms with E-state index in [0.717, 1.165) is 60.0 Å². The zero-order valence-corrected chi connectivity index (χ0v) is 19.1. The number of nitrogen functional groups attached to an aromatic ring is 1. The summed E-state index contributed by atoms with van der Waals surface area (Å²) in [4.78, 5) is 18.1. The summed E-state index contributed by atoms with van der Waals surface area (Å²) in [6.07, 6.45) is 2.04. The van der Waals surface area contributed by atoms with Crippen LogP contribution < -0.4 is 20.9 Å². The van der Waals surface area contributed by atoms with Crippen LogP contribution in [0.5, 0.6) is 0 Å². The number of piperazine rings is 1. The first kappa shape index (κ1) is 20.8. The number of rotatable bonds is 3. The van der Waals surface area contributed by atoms with E-state index in [4.69, 9.17) is 10.7 Å². The zero-order valence-electron chi connectivity index (χ0n) is 19.1. The Labute approximate surface area is 197 Å². The van der Waals surface area contributed by atoms with Gasteiger partial charge in [0.1, 0.15) is 17.5 Å². The molecule has 0 saturated carbocycles. The molecular weight excluding hydrogens is 429 g/mol. The van der Waals surface area contributed by atoms with Gasteiger partial charge in [0.05, 0.1) is 12.2 Å². The molecule has 2 aromatic carbocycles. The summed E-state index contributed by atoms with van der Waals surface area (Å²) in [5, 5.41) is 3.33. The van der Waals surface area contributed by atoms with Gasteiger partial charge in [0, 0.05) is 55.1 Å². The lowest BCUT2D eigenvalue weighted by Crippen LogP contribution is -2.43. The van der Waals surface area contributed by atoms with Gasteiger partial charge in [-0.15, -0.1) is 0 Å². The van der Waals surface area contributed by atoms with Gasteiger partial charge in [-0.3, -0.25) is 4.99 Å². The first-order valence-electron chi connectivity index (χ1n) is 11.6. The highest BCUT2D eigenvalue weighted by atomic mass is 19.1. The van der Waals surface area contributed by atoms with Crippen molar-refractivity contribution in [2.45, 2.75) is 6.92 Å². The SMILES string of the molecule is Cc1ccccc1C1=Cc2c(-c3ccc(N4CCNCC4)cc3F)nc(N)nc2N2CCN=C12. The lowest BCUT2D eigenvalue weighted by molar-refractivity contribution is 0.585. The highest BCUT2D eigenvalue weighted by Gasteiger charge is 2.33. The second kappa shape index (κ2) is 8.22. The van der Waals surface area contributed by atoms with Gasteiger partial charge in [0.2, 0.25) is 5.95 Å². The molecule has 34 heavy (non-hydrogen) atoms. The number of fused-ring (bicyclic) bond motifs is 3. The Kier molecular flexibility index (Phi) is 5.03. The van der Waals surface area contributed by atoms with Crippen LogP contribution in [0.1, 0.15) is 16.7 Å². The second-order valence-corrected chi connectivity index (χ2v) is 8.80. The van der Waals surface area contributed by atoms with E-state index in [1.807, 2.05) is 30.3 Å². The third-order valence-corrected chi connectivity index (χ3v) is 6.69. The minimum atomic E-state index is -0.317. The molecule has 3 N–H and O–H groups in total. The fourth-order valence-corrected chi connectivity index (χ4v) is 5.00. The summed E-state index contributed by atoms with van der Waals surface area (Å²) in [5.41, 5.74) is 11.9. The van der Waals surface area contributed by atoms with E-state index in [9.17, 15) is 0 Å². The first-order valence-corrected chi connectivity index (χ1v) is 11.6. The number of aromatic nitrogens is 2. The van der Waals surface area contributed by atoms with Crippen molar-refractivity contribution >= 4 is 34.9 Å². The van der Waals surface area contributed by atoms with Crippen molar-refractivity contribution in [3.63, 3.8) is 0 Å². The maximum absolute atomic E-state index is 15.5. The van der Waals surface area contributed by atoms with E-state index in [2.05, 4.69) is 44.1 Å². The van der Waals surface area contributed by atoms with Crippen molar-refractivity contribution in [2.24, 2.45) is 4.99 Å². The Bertz CT molecular complexity index is 1340. The Morgan fingerprint density at radius 1 is 1.00 bits per heavy atom. The van der Waals surface area contributed by atoms with Gasteiger partial charge in [0.15, 0.2) is 0 Å². The fourth-order valence-electron chi connectivity index (χ4n) is 5.00. The Morgan fingerprint density at radius 2 is 1.82 bits per heavy atom. The molecule has 4 heterocycles. The monoisotopic (exact) mass is 455 g/mol. The first-order chi connectivity index (χ1) is 16.6. The third kappa shape index (κ3) is 3.42. The molecule has 0 amide bonds. The number of anilines is 3. The van der Waals surface area contributed by atoms with Crippen LogP contribution in [0.3, 0.4) is 0 Å².